The number of hydrogen-bond donors (Lipinski definition) is 0. The van der Waals surface area contributed by atoms with Crippen molar-refractivity contribution in [3.63, 3.8) is 0 Å². The standard InChI is InChI=1S/C15H28O.C14H24O.C13H24O/c1-6-7-10-13(16)15(5)12(2)9-8-11-14(15,3)4;1-6-8-12(15)14(5)11(2)9-7-10-13(14,3)4;1-6-11(14)13(5)10(2)8-7-9-12(13,3)4/h12H,6-11H2,1-5H3;6,8,11H,7,9-10H2,1-5H3;10H,6-9H2,1-5H3/b;8-6+;. The Kier molecular flexibility index (Phi) is 15.1. The van der Waals surface area contributed by atoms with Gasteiger partial charge in [-0.2, -0.15) is 0 Å². The van der Waals surface area contributed by atoms with Gasteiger partial charge < -0.3 is 0 Å². The maximum Gasteiger partial charge on any atom is 0.162 e. The van der Waals surface area contributed by atoms with E-state index in [0.717, 1.165) is 25.7 Å². The van der Waals surface area contributed by atoms with Gasteiger partial charge >= 0.3 is 0 Å². The monoisotopic (exact) mass is 629 g/mol. The second-order valence-corrected chi connectivity index (χ2v) is 17.8. The van der Waals surface area contributed by atoms with Crippen LogP contribution in [0, 0.1) is 50.2 Å². The molecule has 0 amide bonds. The fourth-order valence-corrected chi connectivity index (χ4v) is 9.37. The molecule has 0 aliphatic heterocycles. The maximum atomic E-state index is 12.5. The minimum Gasteiger partial charge on any atom is -0.299 e. The Balaban J connectivity index is 0.000000338. The number of ketones is 3. The van der Waals surface area contributed by atoms with Crippen LogP contribution < -0.4 is 0 Å². The van der Waals surface area contributed by atoms with Crippen molar-refractivity contribution in [2.75, 3.05) is 0 Å². The molecule has 0 aromatic rings. The van der Waals surface area contributed by atoms with Crippen molar-refractivity contribution in [2.24, 2.45) is 50.2 Å². The average Bonchev–Trinajstić information content (AvgIpc) is 2.96. The van der Waals surface area contributed by atoms with E-state index in [1.54, 1.807) is 6.08 Å². The lowest BCUT2D eigenvalue weighted by molar-refractivity contribution is -0.143. The smallest absolute Gasteiger partial charge is 0.162 e. The number of Topliss-reactive ketones (excluding diaryl/α,β-unsaturated/α-hetero) is 2. The van der Waals surface area contributed by atoms with Crippen LogP contribution in [0.4, 0.5) is 0 Å². The molecule has 0 spiro atoms. The molecule has 3 nitrogen and oxygen atoms in total. The van der Waals surface area contributed by atoms with E-state index < -0.39 is 0 Å². The SMILES string of the molecule is C/C=C/C(=O)C1(C)C(C)CCCC1(C)C.CCC(=O)C1(C)C(C)CCCC1(C)C.CCCCC(=O)C1(C)C(C)CCCC1(C)C. The van der Waals surface area contributed by atoms with Gasteiger partial charge in [0.25, 0.3) is 0 Å². The Morgan fingerprint density at radius 1 is 0.600 bits per heavy atom. The van der Waals surface area contributed by atoms with Crippen LogP contribution in [0.25, 0.3) is 0 Å². The molecule has 0 saturated heterocycles. The van der Waals surface area contributed by atoms with Crippen LogP contribution in [0.5, 0.6) is 0 Å². The molecule has 262 valence electrons. The Hall–Kier alpha value is -1.25. The van der Waals surface area contributed by atoms with E-state index in [1.165, 1.54) is 51.4 Å². The van der Waals surface area contributed by atoms with Crippen molar-refractivity contribution in [1.82, 2.24) is 0 Å². The zero-order valence-electron chi connectivity index (χ0n) is 32.8. The Morgan fingerprint density at radius 2 is 0.956 bits per heavy atom. The lowest BCUT2D eigenvalue weighted by Crippen LogP contribution is -2.49. The predicted octanol–water partition coefficient (Wildman–Crippen LogP) is 12.4. The van der Waals surface area contributed by atoms with Crippen molar-refractivity contribution in [1.29, 1.82) is 0 Å². The third-order valence-electron chi connectivity index (χ3n) is 14.6. The van der Waals surface area contributed by atoms with Gasteiger partial charge in [-0.15, -0.1) is 0 Å². The fourth-order valence-electron chi connectivity index (χ4n) is 9.37. The molecule has 0 aromatic heterocycles. The minimum absolute atomic E-state index is 0.0968. The summed E-state index contributed by atoms with van der Waals surface area (Å²) in [7, 11) is 0. The van der Waals surface area contributed by atoms with Gasteiger partial charge in [-0.3, -0.25) is 14.4 Å². The van der Waals surface area contributed by atoms with Crippen LogP contribution in [-0.4, -0.2) is 17.3 Å². The van der Waals surface area contributed by atoms with E-state index in [2.05, 4.69) is 90.0 Å². The second-order valence-electron chi connectivity index (χ2n) is 17.8. The predicted molar refractivity (Wildman–Crippen MR) is 194 cm³/mol. The first-order chi connectivity index (χ1) is 20.6. The Bertz CT molecular complexity index is 1010. The van der Waals surface area contributed by atoms with Crippen LogP contribution in [0.15, 0.2) is 12.2 Å². The van der Waals surface area contributed by atoms with E-state index in [-0.39, 0.29) is 32.5 Å². The first kappa shape index (κ1) is 41.8. The molecule has 0 heterocycles. The molecule has 0 N–H and O–H groups in total. The van der Waals surface area contributed by atoms with E-state index >= 15 is 0 Å². The van der Waals surface area contributed by atoms with Crippen molar-refractivity contribution < 1.29 is 14.4 Å². The molecule has 3 fully saturated rings. The van der Waals surface area contributed by atoms with Gasteiger partial charge in [0.2, 0.25) is 0 Å². The Labute approximate surface area is 280 Å². The third-order valence-corrected chi connectivity index (χ3v) is 14.6. The summed E-state index contributed by atoms with van der Waals surface area (Å²) in [5.74, 6) is 2.84. The summed E-state index contributed by atoms with van der Waals surface area (Å²) < 4.78 is 0. The summed E-state index contributed by atoms with van der Waals surface area (Å²) in [4.78, 5) is 36.9. The number of carbonyl (C=O) groups is 3. The summed E-state index contributed by atoms with van der Waals surface area (Å²) in [6, 6.07) is 0. The van der Waals surface area contributed by atoms with E-state index in [4.69, 9.17) is 0 Å². The van der Waals surface area contributed by atoms with Gasteiger partial charge in [-0.1, -0.05) is 129 Å². The summed E-state index contributed by atoms with van der Waals surface area (Å²) in [6.45, 7) is 32.9. The minimum atomic E-state index is -0.183. The van der Waals surface area contributed by atoms with E-state index in [9.17, 15) is 14.4 Å². The van der Waals surface area contributed by atoms with Crippen LogP contribution >= 0.6 is 0 Å². The second kappa shape index (κ2) is 16.2. The van der Waals surface area contributed by atoms with Gasteiger partial charge in [0, 0.05) is 29.1 Å². The normalized spacial score (nSPS) is 35.3. The van der Waals surface area contributed by atoms with Crippen molar-refractivity contribution in [3.8, 4) is 0 Å². The van der Waals surface area contributed by atoms with Crippen LogP contribution in [0.2, 0.25) is 0 Å². The average molecular weight is 629 g/mol. The highest BCUT2D eigenvalue weighted by molar-refractivity contribution is 5.95. The molecule has 3 aliphatic carbocycles. The molecule has 45 heavy (non-hydrogen) atoms. The number of rotatable bonds is 8. The van der Waals surface area contributed by atoms with Crippen LogP contribution in [-0.2, 0) is 14.4 Å². The van der Waals surface area contributed by atoms with E-state index in [0.29, 0.717) is 41.5 Å². The summed E-state index contributed by atoms with van der Waals surface area (Å²) >= 11 is 0. The van der Waals surface area contributed by atoms with Crippen LogP contribution in [0.3, 0.4) is 0 Å². The quantitative estimate of drug-likeness (QED) is 0.251. The number of unbranched alkanes of at least 4 members (excludes halogenated alkanes) is 1. The van der Waals surface area contributed by atoms with E-state index in [1.807, 2.05) is 19.9 Å². The molecule has 3 rings (SSSR count). The lowest BCUT2D eigenvalue weighted by atomic mass is 9.52. The number of hydrogen-bond acceptors (Lipinski definition) is 3. The van der Waals surface area contributed by atoms with Crippen LogP contribution in [0.1, 0.15) is 187 Å². The zero-order chi connectivity index (χ0) is 35.1. The van der Waals surface area contributed by atoms with Crippen molar-refractivity contribution in [2.45, 2.75) is 187 Å². The highest BCUT2D eigenvalue weighted by atomic mass is 16.1. The largest absolute Gasteiger partial charge is 0.299 e. The molecule has 0 bridgehead atoms. The summed E-state index contributed by atoms with van der Waals surface area (Å²) in [5, 5.41) is 0. The summed E-state index contributed by atoms with van der Waals surface area (Å²) in [6.07, 6.45) is 18.3. The molecule has 0 aromatic carbocycles. The molecule has 3 aliphatic rings. The van der Waals surface area contributed by atoms with Gasteiger partial charge in [0.05, 0.1) is 0 Å². The fraction of sp³-hybridized carbons (Fsp3) is 0.881. The zero-order valence-corrected chi connectivity index (χ0v) is 32.8. The topological polar surface area (TPSA) is 51.2 Å². The molecule has 3 heteroatoms. The number of carbonyl (C=O) groups excluding carboxylic acids is 3. The first-order valence-corrected chi connectivity index (χ1v) is 18.8. The van der Waals surface area contributed by atoms with Gasteiger partial charge in [-0.05, 0) is 91.9 Å². The molecular weight excluding hydrogens is 552 g/mol. The molecule has 0 radical (unpaired) electrons. The third kappa shape index (κ3) is 8.43. The first-order valence-electron chi connectivity index (χ1n) is 18.8. The molecule has 6 unspecified atom stereocenters. The molecule has 3 saturated carbocycles. The maximum absolute atomic E-state index is 12.5. The number of allylic oxidation sites excluding steroid dienone is 2. The van der Waals surface area contributed by atoms with Gasteiger partial charge in [0.15, 0.2) is 5.78 Å². The van der Waals surface area contributed by atoms with Crippen molar-refractivity contribution in [3.05, 3.63) is 12.2 Å². The summed E-state index contributed by atoms with van der Waals surface area (Å²) in [5.41, 5.74) is 0.104. The molecular formula is C42H76O3. The highest BCUT2D eigenvalue weighted by Crippen LogP contribution is 2.56. The van der Waals surface area contributed by atoms with Gasteiger partial charge in [0.1, 0.15) is 11.6 Å². The molecule has 6 atom stereocenters. The highest BCUT2D eigenvalue weighted by Gasteiger charge is 2.53. The van der Waals surface area contributed by atoms with Crippen molar-refractivity contribution >= 4 is 17.3 Å². The van der Waals surface area contributed by atoms with Gasteiger partial charge in [-0.25, -0.2) is 0 Å². The Morgan fingerprint density at radius 3 is 1.27 bits per heavy atom. The lowest BCUT2D eigenvalue weighted by Gasteiger charge is -2.51.